The zero-order valence-electron chi connectivity index (χ0n) is 9.10. The van der Waals surface area contributed by atoms with Crippen molar-refractivity contribution in [2.24, 2.45) is 0 Å². The lowest BCUT2D eigenvalue weighted by Gasteiger charge is -2.15. The van der Waals surface area contributed by atoms with Crippen LogP contribution in [-0.4, -0.2) is 42.4 Å². The number of hydrogen-bond donors (Lipinski definition) is 1. The Hall–Kier alpha value is -1.13. The Morgan fingerprint density at radius 1 is 1.44 bits per heavy atom. The number of likely N-dealkylation sites (tertiary alicyclic amines) is 1. The van der Waals surface area contributed by atoms with Crippen LogP contribution in [0, 0.1) is 5.82 Å². The van der Waals surface area contributed by atoms with Crippen LogP contribution < -0.4 is 4.74 Å². The summed E-state index contributed by atoms with van der Waals surface area (Å²) in [4.78, 5) is 2.12. The summed E-state index contributed by atoms with van der Waals surface area (Å²) in [5.41, 5.74) is 0. The molecule has 1 atom stereocenters. The second kappa shape index (κ2) is 5.27. The molecule has 0 aliphatic carbocycles. The Morgan fingerprint density at radius 2 is 2.25 bits per heavy atom. The van der Waals surface area contributed by atoms with Crippen molar-refractivity contribution in [3.63, 3.8) is 0 Å². The molecule has 3 nitrogen and oxygen atoms in total. The van der Waals surface area contributed by atoms with Gasteiger partial charge in [0.2, 0.25) is 0 Å². The maximum Gasteiger partial charge on any atom is 0.165 e. The lowest BCUT2D eigenvalue weighted by molar-refractivity contribution is 0.166. The first-order valence-corrected chi connectivity index (χ1v) is 5.53. The summed E-state index contributed by atoms with van der Waals surface area (Å²) in [7, 11) is 0. The summed E-state index contributed by atoms with van der Waals surface area (Å²) >= 11 is 0. The number of ether oxygens (including phenoxy) is 1. The zero-order chi connectivity index (χ0) is 11.4. The first-order valence-electron chi connectivity index (χ1n) is 5.53. The summed E-state index contributed by atoms with van der Waals surface area (Å²) in [6.07, 6.45) is 0.605. The van der Waals surface area contributed by atoms with E-state index in [0.717, 1.165) is 19.5 Å². The van der Waals surface area contributed by atoms with Gasteiger partial charge in [-0.25, -0.2) is 4.39 Å². The number of hydrogen-bond acceptors (Lipinski definition) is 3. The maximum absolute atomic E-state index is 13.2. The first-order chi connectivity index (χ1) is 7.75. The van der Waals surface area contributed by atoms with Crippen molar-refractivity contribution in [1.29, 1.82) is 0 Å². The summed E-state index contributed by atoms with van der Waals surface area (Å²) in [6, 6.07) is 6.39. The van der Waals surface area contributed by atoms with Crippen LogP contribution in [0.25, 0.3) is 0 Å². The molecule has 1 aliphatic rings. The van der Waals surface area contributed by atoms with Crippen molar-refractivity contribution in [1.82, 2.24) is 4.90 Å². The fraction of sp³-hybridized carbons (Fsp3) is 0.500. The van der Waals surface area contributed by atoms with Crippen molar-refractivity contribution >= 4 is 0 Å². The summed E-state index contributed by atoms with van der Waals surface area (Å²) < 4.78 is 18.5. The van der Waals surface area contributed by atoms with E-state index in [4.69, 9.17) is 4.74 Å². The van der Waals surface area contributed by atoms with Gasteiger partial charge in [-0.2, -0.15) is 0 Å². The van der Waals surface area contributed by atoms with Gasteiger partial charge in [0.15, 0.2) is 11.6 Å². The smallest absolute Gasteiger partial charge is 0.165 e. The molecule has 0 amide bonds. The number of rotatable bonds is 4. The van der Waals surface area contributed by atoms with E-state index in [9.17, 15) is 9.50 Å². The van der Waals surface area contributed by atoms with Gasteiger partial charge in [-0.15, -0.1) is 0 Å². The van der Waals surface area contributed by atoms with Crippen LogP contribution in [0.2, 0.25) is 0 Å². The van der Waals surface area contributed by atoms with Crippen LogP contribution in [-0.2, 0) is 0 Å². The van der Waals surface area contributed by atoms with Crippen LogP contribution in [0.5, 0.6) is 5.75 Å². The second-order valence-corrected chi connectivity index (χ2v) is 4.02. The number of β-amino-alcohol motifs (C(OH)–C–C–N with tert-alkyl or cyclic N) is 1. The Morgan fingerprint density at radius 3 is 2.94 bits per heavy atom. The molecule has 1 aromatic carbocycles. The fourth-order valence-corrected chi connectivity index (χ4v) is 1.86. The predicted octanol–water partition coefficient (Wildman–Crippen LogP) is 1.27. The van der Waals surface area contributed by atoms with E-state index in [1.54, 1.807) is 18.2 Å². The van der Waals surface area contributed by atoms with E-state index >= 15 is 0 Å². The number of para-hydroxylation sites is 1. The van der Waals surface area contributed by atoms with Crippen LogP contribution in [0.4, 0.5) is 4.39 Å². The number of aliphatic hydroxyl groups is 1. The van der Waals surface area contributed by atoms with E-state index in [2.05, 4.69) is 4.90 Å². The van der Waals surface area contributed by atoms with Crippen molar-refractivity contribution in [2.45, 2.75) is 12.5 Å². The molecule has 1 N–H and O–H groups in total. The van der Waals surface area contributed by atoms with Crippen molar-refractivity contribution in [2.75, 3.05) is 26.2 Å². The van der Waals surface area contributed by atoms with E-state index in [1.807, 2.05) is 0 Å². The Bertz CT molecular complexity index is 346. The van der Waals surface area contributed by atoms with Gasteiger partial charge in [0.05, 0.1) is 6.10 Å². The highest BCUT2D eigenvalue weighted by atomic mass is 19.1. The van der Waals surface area contributed by atoms with E-state index in [-0.39, 0.29) is 11.9 Å². The SMILES string of the molecule is O[C@H]1CCN(CCOc2ccccc2F)C1. The van der Waals surface area contributed by atoms with Crippen LogP contribution in [0.1, 0.15) is 6.42 Å². The molecule has 0 aromatic heterocycles. The van der Waals surface area contributed by atoms with Crippen molar-refractivity contribution in [3.05, 3.63) is 30.1 Å². The molecule has 0 radical (unpaired) electrons. The molecule has 1 fully saturated rings. The number of nitrogens with zero attached hydrogens (tertiary/aromatic N) is 1. The molecule has 1 heterocycles. The highest BCUT2D eigenvalue weighted by molar-refractivity contribution is 5.23. The maximum atomic E-state index is 13.2. The van der Waals surface area contributed by atoms with Crippen LogP contribution in [0.3, 0.4) is 0 Å². The molecule has 0 bridgehead atoms. The molecule has 88 valence electrons. The van der Waals surface area contributed by atoms with Gasteiger partial charge in [0.1, 0.15) is 6.61 Å². The number of benzene rings is 1. The van der Waals surface area contributed by atoms with Gasteiger partial charge in [-0.05, 0) is 18.6 Å². The monoisotopic (exact) mass is 225 g/mol. The average molecular weight is 225 g/mol. The van der Waals surface area contributed by atoms with Gasteiger partial charge in [0.25, 0.3) is 0 Å². The van der Waals surface area contributed by atoms with E-state index < -0.39 is 0 Å². The molecule has 0 saturated carbocycles. The molecule has 0 spiro atoms. The topological polar surface area (TPSA) is 32.7 Å². The third-order valence-corrected chi connectivity index (χ3v) is 2.75. The molecule has 0 unspecified atom stereocenters. The van der Waals surface area contributed by atoms with Gasteiger partial charge < -0.3 is 9.84 Å². The average Bonchev–Trinajstić information content (AvgIpc) is 2.67. The molecule has 1 saturated heterocycles. The first kappa shape index (κ1) is 11.4. The minimum atomic E-state index is -0.330. The quantitative estimate of drug-likeness (QED) is 0.837. The highest BCUT2D eigenvalue weighted by Crippen LogP contribution is 2.15. The van der Waals surface area contributed by atoms with Crippen LogP contribution >= 0.6 is 0 Å². The Balaban J connectivity index is 1.74. The summed E-state index contributed by atoms with van der Waals surface area (Å²) in [5.74, 6) is -0.0359. The zero-order valence-corrected chi connectivity index (χ0v) is 9.10. The van der Waals surface area contributed by atoms with Crippen molar-refractivity contribution in [3.8, 4) is 5.75 Å². The standard InChI is InChI=1S/C12H16FNO2/c13-11-3-1-2-4-12(11)16-8-7-14-6-5-10(15)9-14/h1-4,10,15H,5-9H2/t10-/m0/s1. The molecule has 4 heteroatoms. The van der Waals surface area contributed by atoms with E-state index in [1.165, 1.54) is 6.07 Å². The second-order valence-electron chi connectivity index (χ2n) is 4.02. The largest absolute Gasteiger partial charge is 0.489 e. The minimum absolute atomic E-state index is 0.214. The van der Waals surface area contributed by atoms with Gasteiger partial charge >= 0.3 is 0 Å². The third kappa shape index (κ3) is 2.93. The molecule has 2 rings (SSSR count). The highest BCUT2D eigenvalue weighted by Gasteiger charge is 2.19. The minimum Gasteiger partial charge on any atom is -0.489 e. The molecular formula is C12H16FNO2. The van der Waals surface area contributed by atoms with E-state index in [0.29, 0.717) is 18.9 Å². The lowest BCUT2D eigenvalue weighted by Crippen LogP contribution is -2.27. The summed E-state index contributed by atoms with van der Waals surface area (Å²) in [6.45, 7) is 2.77. The Labute approximate surface area is 94.4 Å². The number of aliphatic hydroxyl groups excluding tert-OH is 1. The third-order valence-electron chi connectivity index (χ3n) is 2.75. The fourth-order valence-electron chi connectivity index (χ4n) is 1.86. The van der Waals surface area contributed by atoms with Crippen molar-refractivity contribution < 1.29 is 14.2 Å². The summed E-state index contributed by atoms with van der Waals surface area (Å²) in [5, 5.41) is 9.32. The molecule has 1 aliphatic heterocycles. The molecular weight excluding hydrogens is 209 g/mol. The predicted molar refractivity (Wildman–Crippen MR) is 59.0 cm³/mol. The van der Waals surface area contributed by atoms with Gasteiger partial charge in [-0.1, -0.05) is 12.1 Å². The van der Waals surface area contributed by atoms with Gasteiger partial charge in [0, 0.05) is 19.6 Å². The normalized spacial score (nSPS) is 21.2. The number of halogens is 1. The van der Waals surface area contributed by atoms with Crippen LogP contribution in [0.15, 0.2) is 24.3 Å². The molecule has 1 aromatic rings. The molecule has 16 heavy (non-hydrogen) atoms. The van der Waals surface area contributed by atoms with Gasteiger partial charge in [-0.3, -0.25) is 4.90 Å². The lowest BCUT2D eigenvalue weighted by atomic mass is 10.3. The Kier molecular flexibility index (Phi) is 3.74.